The van der Waals surface area contributed by atoms with Crippen molar-refractivity contribution >= 4 is 11.8 Å². The fraction of sp³-hybridized carbons (Fsp3) is 0.667. The Labute approximate surface area is 291 Å². The lowest BCUT2D eigenvalue weighted by atomic mass is 9.77. The molecule has 48 heavy (non-hydrogen) atoms. The molecule has 2 atom stereocenters. The molecule has 6 nitrogen and oxygen atoms in total. The topological polar surface area (TPSA) is 105 Å². The number of carbonyl (C=O) groups excluding carboxylic acids is 2. The number of amides is 2. The van der Waals surface area contributed by atoms with Crippen LogP contribution in [0.15, 0.2) is 48.5 Å². The molecule has 0 saturated heterocycles. The van der Waals surface area contributed by atoms with Crippen molar-refractivity contribution in [2.24, 2.45) is 23.3 Å². The number of rotatable bonds is 21. The Hall–Kier alpha value is -2.70. The molecule has 2 aliphatic carbocycles. The van der Waals surface area contributed by atoms with Crippen LogP contribution >= 0.6 is 0 Å². The summed E-state index contributed by atoms with van der Waals surface area (Å²) in [5.74, 6) is 2.05. The average Bonchev–Trinajstić information content (AvgIpc) is 3.09. The van der Waals surface area contributed by atoms with Crippen molar-refractivity contribution in [1.29, 1.82) is 0 Å². The summed E-state index contributed by atoms with van der Waals surface area (Å²) in [7, 11) is 0. The Bertz CT molecular complexity index is 1100. The van der Waals surface area contributed by atoms with Crippen LogP contribution in [0, 0.1) is 11.8 Å². The summed E-state index contributed by atoms with van der Waals surface area (Å²) in [6, 6.07) is 17.4. The van der Waals surface area contributed by atoms with Gasteiger partial charge in [0.05, 0.1) is 38.3 Å². The van der Waals surface area contributed by atoms with Gasteiger partial charge in [-0.2, -0.15) is 0 Å². The highest BCUT2D eigenvalue weighted by atomic mass is 16.5. The van der Waals surface area contributed by atoms with Crippen molar-refractivity contribution < 1.29 is 19.1 Å². The van der Waals surface area contributed by atoms with Crippen molar-refractivity contribution in [2.75, 3.05) is 0 Å². The predicted molar refractivity (Wildman–Crippen MR) is 195 cm³/mol. The van der Waals surface area contributed by atoms with Gasteiger partial charge < -0.3 is 20.9 Å². The maximum atomic E-state index is 12.0. The third-order valence-corrected chi connectivity index (χ3v) is 11.2. The number of carbonyl (C=O) groups is 2. The van der Waals surface area contributed by atoms with Crippen LogP contribution < -0.4 is 11.5 Å². The quantitative estimate of drug-likeness (QED) is 0.130. The summed E-state index contributed by atoms with van der Waals surface area (Å²) in [6.45, 7) is 5.15. The SMILES string of the molecule is CCCCCC1CCC(c2ccc(CO[C@H](CC(N)=O)[C@@H](CC(N)=O)OCc3ccc(C4CCC(CCCCC)CC4)cc3)cc2)CC1. The van der Waals surface area contributed by atoms with E-state index in [1.807, 2.05) is 0 Å². The molecule has 2 aromatic carbocycles. The summed E-state index contributed by atoms with van der Waals surface area (Å²) in [5, 5.41) is 0. The molecule has 2 aromatic rings. The zero-order chi connectivity index (χ0) is 34.1. The normalized spacial score (nSPS) is 22.6. The standard InChI is InChI=1S/C42H64N2O4/c1-3-5-7-9-31-11-19-35(20-12-31)37-23-15-33(16-24-37)29-47-39(27-41(43)45)40(28-42(44)46)48-30-34-17-25-38(26-18-34)36-21-13-32(14-22-36)10-8-6-4-2/h15-18,23-26,31-32,35-36,39-40H,3-14,19-22,27-30H2,1-2H3,(H2,43,45)(H2,44,46)/t31?,32?,35?,36?,39-,40-/m1/s1. The van der Waals surface area contributed by atoms with Gasteiger partial charge in [-0.25, -0.2) is 0 Å². The van der Waals surface area contributed by atoms with E-state index in [1.165, 1.54) is 114 Å². The van der Waals surface area contributed by atoms with Crippen LogP contribution in [0.2, 0.25) is 0 Å². The number of primary amides is 2. The van der Waals surface area contributed by atoms with Gasteiger partial charge in [0, 0.05) is 0 Å². The lowest BCUT2D eigenvalue weighted by molar-refractivity contribution is -0.136. The molecule has 2 saturated carbocycles. The molecule has 4 N–H and O–H groups in total. The number of nitrogens with two attached hydrogens (primary N) is 2. The lowest BCUT2D eigenvalue weighted by Crippen LogP contribution is -2.38. The van der Waals surface area contributed by atoms with E-state index in [2.05, 4.69) is 62.4 Å². The van der Waals surface area contributed by atoms with Crippen LogP contribution in [-0.4, -0.2) is 24.0 Å². The van der Waals surface area contributed by atoms with E-state index < -0.39 is 24.0 Å². The molecule has 0 unspecified atom stereocenters. The van der Waals surface area contributed by atoms with Crippen molar-refractivity contribution in [2.45, 2.75) is 167 Å². The maximum Gasteiger partial charge on any atom is 0.220 e. The zero-order valence-electron chi connectivity index (χ0n) is 30.0. The van der Waals surface area contributed by atoms with E-state index in [-0.39, 0.29) is 12.8 Å². The Balaban J connectivity index is 1.28. The number of unbranched alkanes of at least 4 members (excludes halogenated alkanes) is 4. The van der Waals surface area contributed by atoms with Crippen molar-refractivity contribution in [3.63, 3.8) is 0 Å². The van der Waals surface area contributed by atoms with Gasteiger partial charge in [0.2, 0.25) is 11.8 Å². The van der Waals surface area contributed by atoms with Crippen molar-refractivity contribution in [3.05, 3.63) is 70.8 Å². The molecular formula is C42H64N2O4. The molecule has 0 radical (unpaired) electrons. The zero-order valence-corrected chi connectivity index (χ0v) is 30.0. The fourth-order valence-corrected chi connectivity index (χ4v) is 8.11. The average molecular weight is 661 g/mol. The highest BCUT2D eigenvalue weighted by Crippen LogP contribution is 2.39. The second kappa shape index (κ2) is 20.7. The summed E-state index contributed by atoms with van der Waals surface area (Å²) < 4.78 is 12.5. The van der Waals surface area contributed by atoms with Gasteiger partial charge in [-0.3, -0.25) is 9.59 Å². The second-order valence-corrected chi connectivity index (χ2v) is 14.9. The molecule has 0 aliphatic heterocycles. The summed E-state index contributed by atoms with van der Waals surface area (Å²) in [6.07, 6.45) is 19.8. The Kier molecular flexibility index (Phi) is 16.5. The molecule has 266 valence electrons. The van der Waals surface area contributed by atoms with Gasteiger partial charge >= 0.3 is 0 Å². The van der Waals surface area contributed by atoms with E-state index in [9.17, 15) is 9.59 Å². The third-order valence-electron chi connectivity index (χ3n) is 11.2. The Morgan fingerprint density at radius 1 is 0.583 bits per heavy atom. The van der Waals surface area contributed by atoms with Gasteiger partial charge in [0.25, 0.3) is 0 Å². The summed E-state index contributed by atoms with van der Waals surface area (Å²) >= 11 is 0. The van der Waals surface area contributed by atoms with Crippen LogP contribution in [0.3, 0.4) is 0 Å². The first kappa shape index (κ1) is 38.1. The second-order valence-electron chi connectivity index (χ2n) is 14.9. The van der Waals surface area contributed by atoms with Crippen LogP contribution in [-0.2, 0) is 32.3 Å². The largest absolute Gasteiger partial charge is 0.370 e. The minimum atomic E-state index is -0.676. The number of hydrogen-bond acceptors (Lipinski definition) is 4. The first-order chi connectivity index (χ1) is 23.3. The van der Waals surface area contributed by atoms with Crippen molar-refractivity contribution in [1.82, 2.24) is 0 Å². The molecule has 0 heterocycles. The monoisotopic (exact) mass is 660 g/mol. The van der Waals surface area contributed by atoms with E-state index >= 15 is 0 Å². The smallest absolute Gasteiger partial charge is 0.220 e. The van der Waals surface area contributed by atoms with Gasteiger partial charge in [0.15, 0.2) is 0 Å². The number of ether oxygens (including phenoxy) is 2. The van der Waals surface area contributed by atoms with Crippen LogP contribution in [0.1, 0.15) is 164 Å². The molecule has 0 bridgehead atoms. The van der Waals surface area contributed by atoms with E-state index in [4.69, 9.17) is 20.9 Å². The molecule has 6 heteroatoms. The molecule has 2 fully saturated rings. The minimum absolute atomic E-state index is 0.0441. The Morgan fingerprint density at radius 3 is 1.25 bits per heavy atom. The fourth-order valence-electron chi connectivity index (χ4n) is 8.11. The maximum absolute atomic E-state index is 12.0. The molecular weight excluding hydrogens is 596 g/mol. The number of hydrogen-bond donors (Lipinski definition) is 2. The van der Waals surface area contributed by atoms with Crippen LogP contribution in [0.25, 0.3) is 0 Å². The highest BCUT2D eigenvalue weighted by molar-refractivity contribution is 5.76. The number of benzene rings is 2. The van der Waals surface area contributed by atoms with E-state index in [0.717, 1.165) is 23.0 Å². The third kappa shape index (κ3) is 13.0. The van der Waals surface area contributed by atoms with Gasteiger partial charge in [-0.1, -0.05) is 114 Å². The lowest BCUT2D eigenvalue weighted by Gasteiger charge is -2.29. The summed E-state index contributed by atoms with van der Waals surface area (Å²) in [4.78, 5) is 24.1. The summed E-state index contributed by atoms with van der Waals surface area (Å²) in [5.41, 5.74) is 16.1. The van der Waals surface area contributed by atoms with Crippen LogP contribution in [0.5, 0.6) is 0 Å². The first-order valence-electron chi connectivity index (χ1n) is 19.3. The molecule has 2 aliphatic rings. The minimum Gasteiger partial charge on any atom is -0.370 e. The highest BCUT2D eigenvalue weighted by Gasteiger charge is 2.28. The van der Waals surface area contributed by atoms with Gasteiger partial charge in [-0.05, 0) is 97.3 Å². The van der Waals surface area contributed by atoms with Crippen molar-refractivity contribution in [3.8, 4) is 0 Å². The molecule has 2 amide bonds. The predicted octanol–water partition coefficient (Wildman–Crippen LogP) is 9.62. The van der Waals surface area contributed by atoms with E-state index in [0.29, 0.717) is 25.0 Å². The van der Waals surface area contributed by atoms with Crippen LogP contribution in [0.4, 0.5) is 0 Å². The molecule has 0 aromatic heterocycles. The van der Waals surface area contributed by atoms with Gasteiger partial charge in [0.1, 0.15) is 0 Å². The Morgan fingerprint density at radius 2 is 0.938 bits per heavy atom. The van der Waals surface area contributed by atoms with Gasteiger partial charge in [-0.15, -0.1) is 0 Å². The molecule has 4 rings (SSSR count). The van der Waals surface area contributed by atoms with E-state index in [1.54, 1.807) is 0 Å². The molecule has 0 spiro atoms. The first-order valence-corrected chi connectivity index (χ1v) is 19.3.